The minimum Gasteiger partial charge on any atom is -0.488 e. The van der Waals surface area contributed by atoms with Gasteiger partial charge < -0.3 is 14.4 Å². The van der Waals surface area contributed by atoms with Crippen LogP contribution in [0.4, 0.5) is 0 Å². The van der Waals surface area contributed by atoms with Gasteiger partial charge in [-0.1, -0.05) is 32.0 Å². The van der Waals surface area contributed by atoms with Gasteiger partial charge in [-0.25, -0.2) is 4.79 Å². The Morgan fingerprint density at radius 3 is 2.67 bits per heavy atom. The van der Waals surface area contributed by atoms with Crippen LogP contribution in [0.3, 0.4) is 0 Å². The lowest BCUT2D eigenvalue weighted by molar-refractivity contribution is -0.150. The number of ether oxygens (including phenoxy) is 2. The Bertz CT molecular complexity index is 657. The molecule has 0 spiro atoms. The van der Waals surface area contributed by atoms with Gasteiger partial charge >= 0.3 is 5.97 Å². The minimum atomic E-state index is -0.490. The van der Waals surface area contributed by atoms with E-state index < -0.39 is 5.97 Å². The van der Waals surface area contributed by atoms with Crippen LogP contribution in [0.2, 0.25) is 0 Å². The number of fused-ring (bicyclic) bond motifs is 1. The Balaban J connectivity index is 1.56. The molecule has 3 rings (SSSR count). The summed E-state index contributed by atoms with van der Waals surface area (Å²) in [7, 11) is 0. The molecule has 0 unspecified atom stereocenters. The highest BCUT2D eigenvalue weighted by Gasteiger charge is 2.26. The van der Waals surface area contributed by atoms with E-state index >= 15 is 0 Å². The quantitative estimate of drug-likeness (QED) is 0.800. The number of carbonyl (C=O) groups excluding carboxylic acids is 2. The average molecular weight is 329 g/mol. The van der Waals surface area contributed by atoms with Crippen molar-refractivity contribution in [1.29, 1.82) is 0 Å². The van der Waals surface area contributed by atoms with Gasteiger partial charge in [-0.15, -0.1) is 0 Å². The van der Waals surface area contributed by atoms with Gasteiger partial charge in [-0.05, 0) is 30.4 Å². The van der Waals surface area contributed by atoms with Crippen LogP contribution in [0.5, 0.6) is 5.75 Å². The fourth-order valence-electron chi connectivity index (χ4n) is 3.41. The van der Waals surface area contributed by atoms with Gasteiger partial charge in [0.1, 0.15) is 12.4 Å². The number of esters is 1. The number of benzene rings is 1. The van der Waals surface area contributed by atoms with Crippen molar-refractivity contribution in [1.82, 2.24) is 4.90 Å². The summed E-state index contributed by atoms with van der Waals surface area (Å²) in [5.41, 5.74) is 1.28. The number of para-hydroxylation sites is 1. The van der Waals surface area contributed by atoms with E-state index in [9.17, 15) is 9.59 Å². The van der Waals surface area contributed by atoms with Crippen LogP contribution in [-0.2, 0) is 14.3 Å². The number of carbonyl (C=O) groups is 2. The summed E-state index contributed by atoms with van der Waals surface area (Å²) >= 11 is 0. The average Bonchev–Trinajstić information content (AvgIpc) is 2.58. The number of piperidine rings is 1. The molecule has 5 heteroatoms. The maximum Gasteiger partial charge on any atom is 0.338 e. The molecule has 24 heavy (non-hydrogen) atoms. The molecule has 2 aliphatic heterocycles. The summed E-state index contributed by atoms with van der Waals surface area (Å²) in [6.07, 6.45) is 2.89. The first kappa shape index (κ1) is 16.6. The van der Waals surface area contributed by atoms with E-state index in [-0.39, 0.29) is 19.1 Å². The lowest BCUT2D eigenvalue weighted by Gasteiger charge is -2.34. The number of hydrogen-bond donors (Lipinski definition) is 0. The standard InChI is InChI=1S/C19H23NO4/c1-13-7-14(2)10-20(9-13)18(21)12-24-19(22)16-8-15-5-3-4-6-17(15)23-11-16/h3-6,8,13-14H,7,9-12H2,1-2H3/t13-,14-/m0/s1. The zero-order chi connectivity index (χ0) is 17.1. The normalized spacial score (nSPS) is 22.9. The summed E-state index contributed by atoms with van der Waals surface area (Å²) in [5.74, 6) is 1.11. The molecule has 0 bridgehead atoms. The van der Waals surface area contributed by atoms with Gasteiger partial charge in [0.2, 0.25) is 0 Å². The summed E-state index contributed by atoms with van der Waals surface area (Å²) in [4.78, 5) is 26.3. The molecule has 1 aromatic carbocycles. The molecule has 0 saturated carbocycles. The van der Waals surface area contributed by atoms with Crippen molar-refractivity contribution >= 4 is 18.0 Å². The number of likely N-dealkylation sites (tertiary alicyclic amines) is 1. The van der Waals surface area contributed by atoms with Gasteiger partial charge in [-0.3, -0.25) is 4.79 Å². The molecule has 2 aliphatic rings. The SMILES string of the molecule is C[C@H]1C[C@H](C)CN(C(=O)COC(=O)C2=Cc3ccccc3OC2)C1. The maximum absolute atomic E-state index is 12.3. The summed E-state index contributed by atoms with van der Waals surface area (Å²) < 4.78 is 10.7. The molecule has 0 aliphatic carbocycles. The fourth-order valence-corrected chi connectivity index (χ4v) is 3.41. The first-order chi connectivity index (χ1) is 11.5. The van der Waals surface area contributed by atoms with Gasteiger partial charge in [0.15, 0.2) is 6.61 Å². The van der Waals surface area contributed by atoms with Gasteiger partial charge in [0.05, 0.1) is 5.57 Å². The van der Waals surface area contributed by atoms with Crippen LogP contribution >= 0.6 is 0 Å². The molecule has 0 radical (unpaired) electrons. The highest BCUT2D eigenvalue weighted by molar-refractivity contribution is 5.96. The molecule has 1 aromatic rings. The molecule has 1 amide bonds. The second kappa shape index (κ2) is 7.07. The lowest BCUT2D eigenvalue weighted by Crippen LogP contribution is -2.44. The summed E-state index contributed by atoms with van der Waals surface area (Å²) in [6, 6.07) is 7.50. The van der Waals surface area contributed by atoms with E-state index in [1.54, 1.807) is 11.0 Å². The van der Waals surface area contributed by atoms with Crippen molar-refractivity contribution in [3.8, 4) is 5.75 Å². The van der Waals surface area contributed by atoms with E-state index in [2.05, 4.69) is 13.8 Å². The monoisotopic (exact) mass is 329 g/mol. The van der Waals surface area contributed by atoms with Crippen molar-refractivity contribution in [3.63, 3.8) is 0 Å². The molecule has 0 aromatic heterocycles. The molecule has 2 atom stereocenters. The van der Waals surface area contributed by atoms with Crippen LogP contribution in [0.25, 0.3) is 6.08 Å². The van der Waals surface area contributed by atoms with E-state index in [1.807, 2.05) is 24.3 Å². The van der Waals surface area contributed by atoms with Crippen LogP contribution in [-0.4, -0.2) is 43.1 Å². The Hall–Kier alpha value is -2.30. The molecule has 128 valence electrons. The van der Waals surface area contributed by atoms with E-state index in [1.165, 1.54) is 0 Å². The summed E-state index contributed by atoms with van der Waals surface area (Å²) in [5, 5.41) is 0. The van der Waals surface area contributed by atoms with E-state index in [4.69, 9.17) is 9.47 Å². The molecule has 1 fully saturated rings. The third-order valence-electron chi connectivity index (χ3n) is 4.44. The molecule has 1 saturated heterocycles. The molecule has 2 heterocycles. The number of nitrogens with zero attached hydrogens (tertiary/aromatic N) is 1. The van der Waals surface area contributed by atoms with Crippen molar-refractivity contribution in [2.45, 2.75) is 20.3 Å². The van der Waals surface area contributed by atoms with Crippen LogP contribution in [0.15, 0.2) is 29.8 Å². The topological polar surface area (TPSA) is 55.8 Å². The predicted molar refractivity (Wildman–Crippen MR) is 90.4 cm³/mol. The summed E-state index contributed by atoms with van der Waals surface area (Å²) in [6.45, 7) is 5.71. The van der Waals surface area contributed by atoms with Crippen molar-refractivity contribution in [2.75, 3.05) is 26.3 Å². The van der Waals surface area contributed by atoms with Gasteiger partial charge in [0, 0.05) is 18.7 Å². The highest BCUT2D eigenvalue weighted by atomic mass is 16.5. The van der Waals surface area contributed by atoms with Crippen molar-refractivity contribution < 1.29 is 19.1 Å². The number of amides is 1. The third-order valence-corrected chi connectivity index (χ3v) is 4.44. The van der Waals surface area contributed by atoms with Gasteiger partial charge in [0.25, 0.3) is 5.91 Å². The first-order valence-electron chi connectivity index (χ1n) is 8.40. The fraction of sp³-hybridized carbons (Fsp3) is 0.474. The number of hydrogen-bond acceptors (Lipinski definition) is 4. The molecular formula is C19H23NO4. The second-order valence-electron chi connectivity index (χ2n) is 6.82. The van der Waals surface area contributed by atoms with Gasteiger partial charge in [-0.2, -0.15) is 0 Å². The lowest BCUT2D eigenvalue weighted by atomic mass is 9.92. The Labute approximate surface area is 142 Å². The van der Waals surface area contributed by atoms with Crippen molar-refractivity contribution in [2.24, 2.45) is 11.8 Å². The smallest absolute Gasteiger partial charge is 0.338 e. The van der Waals surface area contributed by atoms with Crippen LogP contribution in [0.1, 0.15) is 25.8 Å². The van der Waals surface area contributed by atoms with Crippen LogP contribution < -0.4 is 4.74 Å². The zero-order valence-corrected chi connectivity index (χ0v) is 14.2. The maximum atomic E-state index is 12.3. The molecule has 5 nitrogen and oxygen atoms in total. The van der Waals surface area contributed by atoms with Crippen LogP contribution in [0, 0.1) is 11.8 Å². The van der Waals surface area contributed by atoms with E-state index in [0.29, 0.717) is 17.4 Å². The van der Waals surface area contributed by atoms with E-state index in [0.717, 1.165) is 30.8 Å². The first-order valence-corrected chi connectivity index (χ1v) is 8.40. The highest BCUT2D eigenvalue weighted by Crippen LogP contribution is 2.26. The predicted octanol–water partition coefficient (Wildman–Crippen LogP) is 2.51. The largest absolute Gasteiger partial charge is 0.488 e. The Morgan fingerprint density at radius 1 is 1.21 bits per heavy atom. The Kier molecular flexibility index (Phi) is 4.88. The molecular weight excluding hydrogens is 306 g/mol. The third kappa shape index (κ3) is 3.78. The minimum absolute atomic E-state index is 0.125. The molecule has 0 N–H and O–H groups in total. The van der Waals surface area contributed by atoms with Crippen molar-refractivity contribution in [3.05, 3.63) is 35.4 Å². The Morgan fingerprint density at radius 2 is 1.92 bits per heavy atom. The second-order valence-corrected chi connectivity index (χ2v) is 6.82. The number of rotatable bonds is 3. The zero-order valence-electron chi connectivity index (χ0n) is 14.2.